The van der Waals surface area contributed by atoms with Crippen LogP contribution in [0.2, 0.25) is 5.02 Å². The normalized spacial score (nSPS) is 17.7. The molecule has 3 aromatic heterocycles. The molecule has 2 aliphatic rings. The quantitative estimate of drug-likeness (QED) is 0.0981. The number of aryl methyl sites for hydroxylation is 1. The highest BCUT2D eigenvalue weighted by Gasteiger charge is 2.67. The van der Waals surface area contributed by atoms with Crippen LogP contribution in [0.5, 0.6) is 0 Å². The minimum Gasteiger partial charge on any atom is -0.378 e. The third-order valence-corrected chi connectivity index (χ3v) is 11.1. The number of fused-ring (bicyclic) bond motifs is 4. The Balaban J connectivity index is 1.39. The second kappa shape index (κ2) is 14.4. The van der Waals surface area contributed by atoms with E-state index in [1.165, 1.54) is 49.9 Å². The van der Waals surface area contributed by atoms with Crippen LogP contribution in [-0.2, 0) is 40.8 Å². The monoisotopic (exact) mass is 873 g/mol. The van der Waals surface area contributed by atoms with Gasteiger partial charge in [-0.3, -0.25) is 18.9 Å². The number of sulfonamides is 1. The molecule has 3 N–H and O–H groups in total. The number of amides is 1. The molecule has 0 saturated heterocycles. The van der Waals surface area contributed by atoms with Gasteiger partial charge in [-0.2, -0.15) is 40.6 Å². The zero-order valence-electron chi connectivity index (χ0n) is 30.6. The Morgan fingerprint density at radius 2 is 1.71 bits per heavy atom. The number of hydrogen-bond acceptors (Lipinski definition) is 7. The molecule has 0 unspecified atom stereocenters. The number of alkyl halides is 7. The molecule has 0 bridgehead atoms. The summed E-state index contributed by atoms with van der Waals surface area (Å²) in [6, 6.07) is 6.28. The van der Waals surface area contributed by atoms with Crippen LogP contribution in [0.25, 0.3) is 22.0 Å². The molecule has 312 valence electrons. The number of rotatable bonds is 10. The molecule has 0 aliphatic heterocycles. The average Bonchev–Trinajstić information content (AvgIpc) is 3.65. The summed E-state index contributed by atoms with van der Waals surface area (Å²) in [6.07, 6.45) is -3.73. The number of aliphatic hydroxyl groups is 1. The van der Waals surface area contributed by atoms with Crippen molar-refractivity contribution in [3.8, 4) is 23.0 Å². The molecular weight excluding hydrogens is 845 g/mol. The van der Waals surface area contributed by atoms with E-state index in [1.807, 2.05) is 0 Å². The maximum atomic E-state index is 15.4. The Kier molecular flexibility index (Phi) is 10.2. The number of carbonyl (C=O) groups is 1. The van der Waals surface area contributed by atoms with Crippen molar-refractivity contribution < 1.29 is 57.8 Å². The van der Waals surface area contributed by atoms with Crippen LogP contribution in [-0.4, -0.2) is 55.1 Å². The summed E-state index contributed by atoms with van der Waals surface area (Å²) in [5.74, 6) is -4.36. The number of halogens is 10. The van der Waals surface area contributed by atoms with E-state index in [0.29, 0.717) is 10.7 Å². The number of pyridine rings is 1. The predicted octanol–water partition coefficient (Wildman–Crippen LogP) is 7.39. The molecule has 7 rings (SSSR count). The van der Waals surface area contributed by atoms with Crippen molar-refractivity contribution in [1.82, 2.24) is 29.9 Å². The molecule has 1 fully saturated rings. The Bertz CT molecular complexity index is 2700. The minimum atomic E-state index is -6.00. The van der Waals surface area contributed by atoms with Crippen molar-refractivity contribution in [1.29, 1.82) is 0 Å². The Hall–Kier alpha value is -5.33. The first kappa shape index (κ1) is 41.8. The topological polar surface area (TPSA) is 144 Å². The largest absolute Gasteiger partial charge is 0.516 e. The highest BCUT2D eigenvalue weighted by molar-refractivity contribution is 7.93. The van der Waals surface area contributed by atoms with Gasteiger partial charge in [0.1, 0.15) is 40.9 Å². The molecule has 2 aliphatic carbocycles. The molecular formula is C37H29ClF9N7O4S. The van der Waals surface area contributed by atoms with Crippen LogP contribution in [0.3, 0.4) is 0 Å². The third kappa shape index (κ3) is 7.92. The number of carbonyl (C=O) groups excluding carboxylic acids is 1. The number of aromatic nitrogens is 5. The zero-order chi connectivity index (χ0) is 43.1. The molecule has 3 heterocycles. The van der Waals surface area contributed by atoms with Crippen molar-refractivity contribution in [2.24, 2.45) is 13.0 Å². The highest BCUT2D eigenvalue weighted by atomic mass is 35.5. The first-order chi connectivity index (χ1) is 27.4. The van der Waals surface area contributed by atoms with Crippen molar-refractivity contribution in [2.45, 2.75) is 68.7 Å². The predicted molar refractivity (Wildman–Crippen MR) is 194 cm³/mol. The molecule has 1 amide bonds. The molecule has 3 atom stereocenters. The van der Waals surface area contributed by atoms with Gasteiger partial charge in [-0.05, 0) is 74.4 Å². The fraction of sp³-hybridized carbons (Fsp3) is 0.351. The van der Waals surface area contributed by atoms with Gasteiger partial charge in [0.15, 0.2) is 5.82 Å². The lowest BCUT2D eigenvalue weighted by Gasteiger charge is -2.23. The maximum absolute atomic E-state index is 15.4. The fourth-order valence-electron chi connectivity index (χ4n) is 7.24. The van der Waals surface area contributed by atoms with Gasteiger partial charge in [-0.25, -0.2) is 22.5 Å². The van der Waals surface area contributed by atoms with Crippen LogP contribution >= 0.6 is 11.6 Å². The summed E-state index contributed by atoms with van der Waals surface area (Å²) in [7, 11) is -4.74. The first-order valence-electron chi connectivity index (χ1n) is 17.4. The van der Waals surface area contributed by atoms with Crippen LogP contribution in [0.4, 0.5) is 45.3 Å². The second-order valence-electron chi connectivity index (χ2n) is 14.6. The summed E-state index contributed by atoms with van der Waals surface area (Å²) in [5.41, 5.74) is -9.54. The van der Waals surface area contributed by atoms with E-state index in [9.17, 15) is 49.1 Å². The minimum absolute atomic E-state index is 0.0324. The summed E-state index contributed by atoms with van der Waals surface area (Å²) in [5, 5.41) is 19.9. The molecule has 59 heavy (non-hydrogen) atoms. The van der Waals surface area contributed by atoms with Gasteiger partial charge in [0.25, 0.3) is 12.3 Å². The van der Waals surface area contributed by atoms with E-state index in [0.717, 1.165) is 16.8 Å². The molecule has 0 radical (unpaired) electrons. The summed E-state index contributed by atoms with van der Waals surface area (Å²) >= 11 is 6.40. The van der Waals surface area contributed by atoms with Crippen LogP contribution in [0, 0.1) is 29.4 Å². The summed E-state index contributed by atoms with van der Waals surface area (Å²) in [4.78, 5) is 18.5. The van der Waals surface area contributed by atoms with Gasteiger partial charge in [-0.15, -0.1) is 0 Å². The molecule has 2 aromatic carbocycles. The van der Waals surface area contributed by atoms with E-state index < -0.39 is 99.1 Å². The Morgan fingerprint density at radius 1 is 1.05 bits per heavy atom. The van der Waals surface area contributed by atoms with Crippen LogP contribution in [0.1, 0.15) is 72.6 Å². The van der Waals surface area contributed by atoms with E-state index in [1.54, 1.807) is 0 Å². The standard InChI is InChI=1S/C37H29ClF9N7O4S/c1-35(2,56)9-8-19-4-5-20(21-6-7-24(38)28-31(21)53(3)51-34(28)52-59(57,58)37(45,46)47)29(48-19)25(12-16-10-17(39)13-18(40)11-16)49-26(55)15-54-32-27(30(50-54)33(41)42)22-14-23(22)36(32,43)44/h4-7,10-11,13,22-23,25,33,56H,12,14-15H2,1-3H3,(H,49,55)(H,51,52)/t22-,23+,25-/m0/s1. The van der Waals surface area contributed by atoms with Crippen molar-refractivity contribution in [2.75, 3.05) is 4.72 Å². The van der Waals surface area contributed by atoms with E-state index >= 15 is 8.78 Å². The Morgan fingerprint density at radius 3 is 2.34 bits per heavy atom. The van der Waals surface area contributed by atoms with Crippen molar-refractivity contribution >= 4 is 44.3 Å². The Labute approximate surface area is 333 Å². The number of nitrogens with one attached hydrogen (secondary N) is 2. The van der Waals surface area contributed by atoms with Crippen molar-refractivity contribution in [3.05, 3.63) is 93.0 Å². The maximum Gasteiger partial charge on any atom is 0.516 e. The number of anilines is 1. The summed E-state index contributed by atoms with van der Waals surface area (Å²) in [6.45, 7) is 1.72. The van der Waals surface area contributed by atoms with Gasteiger partial charge < -0.3 is 10.4 Å². The molecule has 0 spiro atoms. The van der Waals surface area contributed by atoms with E-state index in [4.69, 9.17) is 11.6 Å². The van der Waals surface area contributed by atoms with Gasteiger partial charge in [-0.1, -0.05) is 23.6 Å². The number of nitrogens with zero attached hydrogens (tertiary/aromatic N) is 5. The average molecular weight is 874 g/mol. The van der Waals surface area contributed by atoms with E-state index in [2.05, 4.69) is 32.3 Å². The lowest BCUT2D eigenvalue weighted by atomic mass is 9.93. The SMILES string of the molecule is Cn1nc(NS(=O)(=O)C(F)(F)F)c2c(Cl)ccc(-c3ccc(C#CC(C)(C)O)nc3[C@H](Cc3cc(F)cc(F)c3)NC(=O)Cn3nc(C(F)F)c4c3C(F)(F)[C@@H]3C[C@H]43)c21. The number of hydrogen-bond donors (Lipinski definition) is 3. The lowest BCUT2D eigenvalue weighted by molar-refractivity contribution is -0.123. The van der Waals surface area contributed by atoms with Gasteiger partial charge in [0.2, 0.25) is 5.91 Å². The lowest BCUT2D eigenvalue weighted by Crippen LogP contribution is -2.35. The van der Waals surface area contributed by atoms with Crippen LogP contribution in [0.15, 0.2) is 42.5 Å². The molecule has 5 aromatic rings. The molecule has 1 saturated carbocycles. The smallest absolute Gasteiger partial charge is 0.378 e. The van der Waals surface area contributed by atoms with Gasteiger partial charge in [0, 0.05) is 35.7 Å². The van der Waals surface area contributed by atoms with Gasteiger partial charge in [0.05, 0.1) is 27.7 Å². The van der Waals surface area contributed by atoms with Gasteiger partial charge >= 0.3 is 15.5 Å². The van der Waals surface area contributed by atoms with Crippen LogP contribution < -0.4 is 10.0 Å². The first-order valence-corrected chi connectivity index (χ1v) is 19.2. The molecule has 11 nitrogen and oxygen atoms in total. The fourth-order valence-corrected chi connectivity index (χ4v) is 8.00. The van der Waals surface area contributed by atoms with E-state index in [-0.39, 0.29) is 56.0 Å². The highest BCUT2D eigenvalue weighted by Crippen LogP contribution is 2.68. The van der Waals surface area contributed by atoms with Crippen molar-refractivity contribution in [3.63, 3.8) is 0 Å². The third-order valence-electron chi connectivity index (χ3n) is 9.67. The second-order valence-corrected chi connectivity index (χ2v) is 16.6. The zero-order valence-corrected chi connectivity index (χ0v) is 32.1. The number of benzene rings is 2. The molecule has 22 heteroatoms. The summed E-state index contributed by atoms with van der Waals surface area (Å²) < 4.78 is 155.